The van der Waals surface area contributed by atoms with Crippen molar-refractivity contribution in [3.63, 3.8) is 0 Å². The molecule has 0 aliphatic carbocycles. The predicted octanol–water partition coefficient (Wildman–Crippen LogP) is 2.34. The zero-order valence-corrected chi connectivity index (χ0v) is 12.9. The van der Waals surface area contributed by atoms with E-state index in [1.165, 1.54) is 23.2 Å². The third kappa shape index (κ3) is 1.90. The molecule has 4 nitrogen and oxygen atoms in total. The summed E-state index contributed by atoms with van der Waals surface area (Å²) in [6.07, 6.45) is 4.76. The second kappa shape index (κ2) is 5.13. The van der Waals surface area contributed by atoms with Crippen LogP contribution in [0.4, 0.5) is 5.69 Å². The van der Waals surface area contributed by atoms with Crippen molar-refractivity contribution in [2.45, 2.75) is 39.0 Å². The molecule has 0 amide bonds. The van der Waals surface area contributed by atoms with Gasteiger partial charge in [-0.25, -0.2) is 4.79 Å². The molecule has 2 aliphatic heterocycles. The average molecular weight is 299 g/mol. The summed E-state index contributed by atoms with van der Waals surface area (Å²) in [6.45, 7) is 4.17. The Balaban J connectivity index is 2.06. The first kappa shape index (κ1) is 13.8. The number of hydrogen-bond acceptors (Lipinski definition) is 4. The van der Waals surface area contributed by atoms with Crippen molar-refractivity contribution in [1.82, 2.24) is 0 Å². The molecule has 4 heteroatoms. The number of anilines is 1. The molecule has 2 aliphatic rings. The van der Waals surface area contributed by atoms with Gasteiger partial charge in [0.15, 0.2) is 0 Å². The standard InChI is InChI=1S/C18H21NO3/c1-11-13(6-9-20)18(21)22-17-14-5-3-8-19-7-2-4-12(16(14)19)10-15(11)17/h10,20H,2-9H2,1H3. The quantitative estimate of drug-likeness (QED) is 0.865. The zero-order valence-electron chi connectivity index (χ0n) is 12.9. The van der Waals surface area contributed by atoms with Crippen molar-refractivity contribution < 1.29 is 9.52 Å². The van der Waals surface area contributed by atoms with Crippen molar-refractivity contribution in [2.24, 2.45) is 0 Å². The fourth-order valence-electron chi connectivity index (χ4n) is 4.10. The Hall–Kier alpha value is -1.81. The normalized spacial score (nSPS) is 16.9. The number of nitrogens with zero attached hydrogens (tertiary/aromatic N) is 1. The van der Waals surface area contributed by atoms with Crippen LogP contribution in [-0.4, -0.2) is 24.8 Å². The highest BCUT2D eigenvalue weighted by atomic mass is 16.4. The van der Waals surface area contributed by atoms with Gasteiger partial charge in [0.1, 0.15) is 5.58 Å². The molecule has 1 N–H and O–H groups in total. The molecule has 116 valence electrons. The van der Waals surface area contributed by atoms with Crippen LogP contribution in [-0.2, 0) is 19.3 Å². The molecule has 0 spiro atoms. The first-order valence-electron chi connectivity index (χ1n) is 8.17. The summed E-state index contributed by atoms with van der Waals surface area (Å²) in [4.78, 5) is 14.7. The van der Waals surface area contributed by atoms with Crippen LogP contribution in [0.1, 0.15) is 35.1 Å². The number of aliphatic hydroxyl groups is 1. The van der Waals surface area contributed by atoms with Crippen LogP contribution in [0.2, 0.25) is 0 Å². The van der Waals surface area contributed by atoms with E-state index in [-0.39, 0.29) is 12.2 Å². The Labute approximate surface area is 129 Å². The van der Waals surface area contributed by atoms with Gasteiger partial charge in [0, 0.05) is 48.3 Å². The summed E-state index contributed by atoms with van der Waals surface area (Å²) < 4.78 is 5.70. The minimum absolute atomic E-state index is 0.0251. The van der Waals surface area contributed by atoms with Gasteiger partial charge in [-0.15, -0.1) is 0 Å². The highest BCUT2D eigenvalue weighted by Gasteiger charge is 2.27. The number of benzene rings is 1. The van der Waals surface area contributed by atoms with Crippen LogP contribution in [0.5, 0.6) is 0 Å². The van der Waals surface area contributed by atoms with E-state index < -0.39 is 0 Å². The largest absolute Gasteiger partial charge is 0.422 e. The lowest BCUT2D eigenvalue weighted by Crippen LogP contribution is -2.34. The third-order valence-corrected chi connectivity index (χ3v) is 5.13. The minimum atomic E-state index is -0.289. The fourth-order valence-corrected chi connectivity index (χ4v) is 4.10. The molecule has 0 fully saturated rings. The smallest absolute Gasteiger partial charge is 0.339 e. The Morgan fingerprint density at radius 1 is 1.27 bits per heavy atom. The Bertz CT molecular complexity index is 804. The first-order chi connectivity index (χ1) is 10.7. The SMILES string of the molecule is Cc1c(CCO)c(=O)oc2c3c4c(cc12)CCCN4CCC3. The van der Waals surface area contributed by atoms with Crippen molar-refractivity contribution in [3.05, 3.63) is 38.7 Å². The molecule has 1 aromatic heterocycles. The van der Waals surface area contributed by atoms with E-state index in [9.17, 15) is 9.90 Å². The predicted molar refractivity (Wildman–Crippen MR) is 86.9 cm³/mol. The summed E-state index contributed by atoms with van der Waals surface area (Å²) in [5.41, 5.74) is 6.00. The molecular weight excluding hydrogens is 278 g/mol. The lowest BCUT2D eigenvalue weighted by molar-refractivity contribution is 0.297. The van der Waals surface area contributed by atoms with Gasteiger partial charge in [-0.2, -0.15) is 0 Å². The minimum Gasteiger partial charge on any atom is -0.422 e. The van der Waals surface area contributed by atoms with E-state index >= 15 is 0 Å². The van der Waals surface area contributed by atoms with Crippen molar-refractivity contribution in [3.8, 4) is 0 Å². The van der Waals surface area contributed by atoms with Gasteiger partial charge in [-0.1, -0.05) is 0 Å². The number of aliphatic hydroxyl groups excluding tert-OH is 1. The number of rotatable bonds is 2. The third-order valence-electron chi connectivity index (χ3n) is 5.13. The number of aryl methyl sites for hydroxylation is 3. The highest BCUT2D eigenvalue weighted by Crippen LogP contribution is 2.40. The first-order valence-corrected chi connectivity index (χ1v) is 8.17. The Morgan fingerprint density at radius 2 is 2.05 bits per heavy atom. The van der Waals surface area contributed by atoms with Crippen molar-refractivity contribution in [2.75, 3.05) is 24.6 Å². The maximum absolute atomic E-state index is 12.3. The van der Waals surface area contributed by atoms with Crippen LogP contribution in [0, 0.1) is 6.92 Å². The second-order valence-corrected chi connectivity index (χ2v) is 6.40. The molecule has 0 unspecified atom stereocenters. The molecule has 0 radical (unpaired) electrons. The summed E-state index contributed by atoms with van der Waals surface area (Å²) in [5, 5.41) is 10.2. The zero-order chi connectivity index (χ0) is 15.3. The van der Waals surface area contributed by atoms with E-state index in [0.717, 1.165) is 48.9 Å². The van der Waals surface area contributed by atoms with E-state index in [4.69, 9.17) is 4.42 Å². The van der Waals surface area contributed by atoms with E-state index in [2.05, 4.69) is 11.0 Å². The number of fused-ring (bicyclic) bond motifs is 2. The van der Waals surface area contributed by atoms with Gasteiger partial charge in [-0.05, 0) is 49.8 Å². The fraction of sp³-hybridized carbons (Fsp3) is 0.500. The molecule has 0 saturated heterocycles. The van der Waals surface area contributed by atoms with E-state index in [1.54, 1.807) is 0 Å². The molecule has 4 rings (SSSR count). The molecule has 2 aromatic rings. The highest BCUT2D eigenvalue weighted by molar-refractivity contribution is 5.91. The topological polar surface area (TPSA) is 53.7 Å². The van der Waals surface area contributed by atoms with Crippen LogP contribution >= 0.6 is 0 Å². The summed E-state index contributed by atoms with van der Waals surface area (Å²) in [5.74, 6) is 0. The van der Waals surface area contributed by atoms with E-state index in [0.29, 0.717) is 12.0 Å². The van der Waals surface area contributed by atoms with Gasteiger partial charge in [0.05, 0.1) is 0 Å². The number of hydrogen-bond donors (Lipinski definition) is 1. The second-order valence-electron chi connectivity index (χ2n) is 6.40. The van der Waals surface area contributed by atoms with Gasteiger partial charge in [-0.3, -0.25) is 0 Å². The van der Waals surface area contributed by atoms with Crippen LogP contribution in [0.25, 0.3) is 11.0 Å². The van der Waals surface area contributed by atoms with Gasteiger partial charge < -0.3 is 14.4 Å². The molecular formula is C18H21NO3. The van der Waals surface area contributed by atoms with Gasteiger partial charge in [0.2, 0.25) is 0 Å². The van der Waals surface area contributed by atoms with Crippen LogP contribution < -0.4 is 10.5 Å². The Morgan fingerprint density at radius 3 is 2.82 bits per heavy atom. The average Bonchev–Trinajstić information content (AvgIpc) is 2.53. The van der Waals surface area contributed by atoms with Crippen molar-refractivity contribution in [1.29, 1.82) is 0 Å². The Kier molecular flexibility index (Phi) is 3.22. The monoisotopic (exact) mass is 299 g/mol. The molecule has 1 aromatic carbocycles. The van der Waals surface area contributed by atoms with Crippen molar-refractivity contribution >= 4 is 16.7 Å². The maximum atomic E-state index is 12.3. The molecule has 0 saturated carbocycles. The summed E-state index contributed by atoms with van der Waals surface area (Å²) in [7, 11) is 0. The lowest BCUT2D eigenvalue weighted by Gasteiger charge is -2.37. The molecule has 22 heavy (non-hydrogen) atoms. The van der Waals surface area contributed by atoms with E-state index in [1.807, 2.05) is 6.92 Å². The summed E-state index contributed by atoms with van der Waals surface area (Å²) in [6, 6.07) is 2.21. The van der Waals surface area contributed by atoms with Crippen LogP contribution in [0.3, 0.4) is 0 Å². The molecule has 0 atom stereocenters. The maximum Gasteiger partial charge on any atom is 0.339 e. The molecule has 3 heterocycles. The van der Waals surface area contributed by atoms with Crippen LogP contribution in [0.15, 0.2) is 15.3 Å². The van der Waals surface area contributed by atoms with Gasteiger partial charge in [0.25, 0.3) is 0 Å². The summed E-state index contributed by atoms with van der Waals surface area (Å²) >= 11 is 0. The lowest BCUT2D eigenvalue weighted by atomic mass is 9.88. The molecule has 0 bridgehead atoms. The van der Waals surface area contributed by atoms with Gasteiger partial charge >= 0.3 is 5.63 Å².